The zero-order valence-electron chi connectivity index (χ0n) is 17.6. The summed E-state index contributed by atoms with van der Waals surface area (Å²) in [6.45, 7) is 1.45. The molecule has 32 heavy (non-hydrogen) atoms. The van der Waals surface area contributed by atoms with Gasteiger partial charge in [-0.25, -0.2) is 0 Å². The molecule has 0 bridgehead atoms. The zero-order valence-corrected chi connectivity index (χ0v) is 19.8. The van der Waals surface area contributed by atoms with Crippen molar-refractivity contribution in [2.45, 2.75) is 43.6 Å². The molecule has 7 heteroatoms. The van der Waals surface area contributed by atoms with Crippen LogP contribution in [-0.2, 0) is 9.59 Å². The van der Waals surface area contributed by atoms with Crippen LogP contribution in [-0.4, -0.2) is 35.8 Å². The second kappa shape index (κ2) is 8.89. The Bertz CT molecular complexity index is 1040. The number of benzene rings is 2. The van der Waals surface area contributed by atoms with Crippen LogP contribution >= 0.6 is 34.8 Å². The van der Waals surface area contributed by atoms with Crippen molar-refractivity contribution in [1.29, 1.82) is 0 Å². The lowest BCUT2D eigenvalue weighted by Gasteiger charge is -2.40. The number of nitrogens with one attached hydrogen (secondary N) is 1. The molecule has 2 aliphatic heterocycles. The first-order valence-electron chi connectivity index (χ1n) is 11.2. The molecule has 2 aromatic carbocycles. The summed E-state index contributed by atoms with van der Waals surface area (Å²) in [5.41, 5.74) is 2.34. The fraction of sp³-hybridized carbons (Fsp3) is 0.440. The van der Waals surface area contributed by atoms with Crippen LogP contribution in [0.3, 0.4) is 0 Å². The highest BCUT2D eigenvalue weighted by Gasteiger charge is 2.48. The zero-order chi connectivity index (χ0) is 22.4. The van der Waals surface area contributed by atoms with E-state index in [-0.39, 0.29) is 29.7 Å². The van der Waals surface area contributed by atoms with Crippen molar-refractivity contribution in [3.8, 4) is 0 Å². The van der Waals surface area contributed by atoms with Crippen LogP contribution in [0.15, 0.2) is 42.5 Å². The number of halogens is 3. The fourth-order valence-corrected chi connectivity index (χ4v) is 6.67. The van der Waals surface area contributed by atoms with Gasteiger partial charge in [0.25, 0.3) is 0 Å². The van der Waals surface area contributed by atoms with Gasteiger partial charge >= 0.3 is 0 Å². The third kappa shape index (κ3) is 4.13. The third-order valence-corrected chi connectivity index (χ3v) is 8.27. The molecule has 2 amide bonds. The van der Waals surface area contributed by atoms with Gasteiger partial charge in [-0.05, 0) is 78.3 Å². The van der Waals surface area contributed by atoms with Crippen LogP contribution in [0.2, 0.25) is 15.1 Å². The Morgan fingerprint density at radius 1 is 0.938 bits per heavy atom. The molecule has 1 N–H and O–H groups in total. The third-order valence-electron chi connectivity index (χ3n) is 7.46. The predicted molar refractivity (Wildman–Crippen MR) is 127 cm³/mol. The Labute approximate surface area is 203 Å². The maximum absolute atomic E-state index is 13.1. The van der Waals surface area contributed by atoms with Gasteiger partial charge in [0.05, 0.1) is 0 Å². The SMILES string of the molecule is O=C1CCC(C(=O)N2CC3CCC(c4ccc(Cl)cc4Cl)C(c4ccc(Cl)cc4)C3C2)N1. The molecule has 168 valence electrons. The van der Waals surface area contributed by atoms with Crippen molar-refractivity contribution in [3.05, 3.63) is 68.7 Å². The Morgan fingerprint density at radius 3 is 2.38 bits per heavy atom. The minimum Gasteiger partial charge on any atom is -0.344 e. The monoisotopic (exact) mass is 490 g/mol. The summed E-state index contributed by atoms with van der Waals surface area (Å²) < 4.78 is 0. The van der Waals surface area contributed by atoms with E-state index in [1.807, 2.05) is 35.2 Å². The number of hydrogen-bond donors (Lipinski definition) is 1. The van der Waals surface area contributed by atoms with Crippen molar-refractivity contribution < 1.29 is 9.59 Å². The number of carbonyl (C=O) groups is 2. The van der Waals surface area contributed by atoms with E-state index in [0.29, 0.717) is 46.3 Å². The summed E-state index contributed by atoms with van der Waals surface area (Å²) in [5.74, 6) is 1.24. The van der Waals surface area contributed by atoms with Gasteiger partial charge < -0.3 is 10.2 Å². The first-order chi connectivity index (χ1) is 15.4. The van der Waals surface area contributed by atoms with E-state index in [1.54, 1.807) is 0 Å². The van der Waals surface area contributed by atoms with E-state index in [2.05, 4.69) is 17.4 Å². The maximum Gasteiger partial charge on any atom is 0.245 e. The topological polar surface area (TPSA) is 49.4 Å². The van der Waals surface area contributed by atoms with Crippen LogP contribution in [0.1, 0.15) is 48.6 Å². The molecule has 4 nitrogen and oxygen atoms in total. The van der Waals surface area contributed by atoms with Crippen LogP contribution in [0.5, 0.6) is 0 Å². The average molecular weight is 492 g/mol. The molecule has 1 saturated carbocycles. The predicted octanol–water partition coefficient (Wildman–Crippen LogP) is 5.66. The molecule has 0 spiro atoms. The molecular weight excluding hydrogens is 467 g/mol. The van der Waals surface area contributed by atoms with Gasteiger partial charge in [0, 0.05) is 34.6 Å². The lowest BCUT2D eigenvalue weighted by molar-refractivity contribution is -0.133. The van der Waals surface area contributed by atoms with Crippen molar-refractivity contribution >= 4 is 46.6 Å². The Balaban J connectivity index is 1.47. The Morgan fingerprint density at radius 2 is 1.69 bits per heavy atom. The van der Waals surface area contributed by atoms with Gasteiger partial charge in [0.2, 0.25) is 11.8 Å². The van der Waals surface area contributed by atoms with Gasteiger partial charge in [-0.3, -0.25) is 9.59 Å². The van der Waals surface area contributed by atoms with Gasteiger partial charge in [0.1, 0.15) is 6.04 Å². The summed E-state index contributed by atoms with van der Waals surface area (Å²) in [6.07, 6.45) is 3.06. The second-order valence-electron chi connectivity index (χ2n) is 9.25. The first kappa shape index (κ1) is 22.1. The molecule has 0 radical (unpaired) electrons. The smallest absolute Gasteiger partial charge is 0.245 e. The minimum absolute atomic E-state index is 0.0311. The van der Waals surface area contributed by atoms with E-state index in [4.69, 9.17) is 34.8 Å². The highest BCUT2D eigenvalue weighted by molar-refractivity contribution is 6.35. The average Bonchev–Trinajstić information content (AvgIpc) is 3.40. The van der Waals surface area contributed by atoms with E-state index >= 15 is 0 Å². The Kier molecular flexibility index (Phi) is 6.13. The largest absolute Gasteiger partial charge is 0.344 e. The molecule has 5 atom stereocenters. The molecule has 1 aliphatic carbocycles. The molecular formula is C25H25Cl3N2O2. The lowest BCUT2D eigenvalue weighted by Crippen LogP contribution is -2.43. The Hall–Kier alpha value is -1.75. The van der Waals surface area contributed by atoms with Crippen molar-refractivity contribution in [1.82, 2.24) is 10.2 Å². The van der Waals surface area contributed by atoms with Crippen LogP contribution in [0.25, 0.3) is 0 Å². The van der Waals surface area contributed by atoms with Gasteiger partial charge in [-0.1, -0.05) is 53.0 Å². The molecule has 5 unspecified atom stereocenters. The molecule has 2 saturated heterocycles. The van der Waals surface area contributed by atoms with Gasteiger partial charge in [-0.2, -0.15) is 0 Å². The normalized spacial score (nSPS) is 29.7. The van der Waals surface area contributed by atoms with E-state index in [1.165, 1.54) is 5.56 Å². The maximum atomic E-state index is 13.1. The van der Waals surface area contributed by atoms with Crippen LogP contribution in [0, 0.1) is 11.8 Å². The van der Waals surface area contributed by atoms with Crippen molar-refractivity contribution in [2.24, 2.45) is 11.8 Å². The quantitative estimate of drug-likeness (QED) is 0.602. The minimum atomic E-state index is -0.377. The lowest BCUT2D eigenvalue weighted by atomic mass is 9.63. The standard InChI is InChI=1S/C25H25Cl3N2O2/c26-16-4-1-14(2-5-16)24-19(18-8-6-17(27)11-21(18)28)7-3-15-12-30(13-20(15)24)25(32)22-9-10-23(31)29-22/h1-2,4-6,8,11,15,19-20,22,24H,3,7,9-10,12-13H2,(H,29,31). The number of fused-ring (bicyclic) bond motifs is 1. The number of nitrogens with zero attached hydrogens (tertiary/aromatic N) is 1. The summed E-state index contributed by atoms with van der Waals surface area (Å²) in [5, 5.41) is 4.87. The summed E-state index contributed by atoms with van der Waals surface area (Å²) in [6, 6.07) is 13.5. The summed E-state index contributed by atoms with van der Waals surface area (Å²) >= 11 is 19.0. The number of carbonyl (C=O) groups excluding carboxylic acids is 2. The van der Waals surface area contributed by atoms with Gasteiger partial charge in [-0.15, -0.1) is 0 Å². The summed E-state index contributed by atoms with van der Waals surface area (Å²) in [4.78, 5) is 26.7. The van der Waals surface area contributed by atoms with E-state index < -0.39 is 0 Å². The number of rotatable bonds is 3. The number of hydrogen-bond acceptors (Lipinski definition) is 2. The molecule has 2 heterocycles. The van der Waals surface area contributed by atoms with E-state index in [9.17, 15) is 9.59 Å². The summed E-state index contributed by atoms with van der Waals surface area (Å²) in [7, 11) is 0. The molecule has 2 aromatic rings. The van der Waals surface area contributed by atoms with Crippen LogP contribution in [0.4, 0.5) is 0 Å². The first-order valence-corrected chi connectivity index (χ1v) is 12.3. The molecule has 5 rings (SSSR count). The second-order valence-corrected chi connectivity index (χ2v) is 10.5. The number of amides is 2. The molecule has 3 aliphatic rings. The fourth-order valence-electron chi connectivity index (χ4n) is 6.00. The van der Waals surface area contributed by atoms with Gasteiger partial charge in [0.15, 0.2) is 0 Å². The highest BCUT2D eigenvalue weighted by atomic mass is 35.5. The number of likely N-dealkylation sites (tertiary alicyclic amines) is 1. The highest BCUT2D eigenvalue weighted by Crippen LogP contribution is 2.53. The van der Waals surface area contributed by atoms with Crippen molar-refractivity contribution in [3.63, 3.8) is 0 Å². The molecule has 0 aromatic heterocycles. The molecule has 3 fully saturated rings. The van der Waals surface area contributed by atoms with Crippen molar-refractivity contribution in [2.75, 3.05) is 13.1 Å². The van der Waals surface area contributed by atoms with Crippen LogP contribution < -0.4 is 5.32 Å². The van der Waals surface area contributed by atoms with E-state index in [0.717, 1.165) is 24.9 Å².